The lowest BCUT2D eigenvalue weighted by Crippen LogP contribution is -2.33. The molecule has 0 spiro atoms. The van der Waals surface area contributed by atoms with E-state index in [0.717, 1.165) is 13.1 Å². The lowest BCUT2D eigenvalue weighted by Gasteiger charge is -2.20. The quantitative estimate of drug-likeness (QED) is 0.776. The Kier molecular flexibility index (Phi) is 5.26. The fourth-order valence-electron chi connectivity index (χ4n) is 2.20. The van der Waals surface area contributed by atoms with Crippen molar-refractivity contribution in [3.63, 3.8) is 0 Å². The van der Waals surface area contributed by atoms with E-state index in [9.17, 15) is 4.79 Å². The van der Waals surface area contributed by atoms with Gasteiger partial charge in [-0.1, -0.05) is 13.8 Å². The molecule has 1 heterocycles. The van der Waals surface area contributed by atoms with Crippen LogP contribution >= 0.6 is 0 Å². The van der Waals surface area contributed by atoms with Crippen molar-refractivity contribution in [2.45, 2.75) is 46.6 Å². The smallest absolute Gasteiger partial charge is 0.220 e. The van der Waals surface area contributed by atoms with E-state index in [2.05, 4.69) is 37.9 Å². The Morgan fingerprint density at radius 1 is 1.38 bits per heavy atom. The van der Waals surface area contributed by atoms with Gasteiger partial charge in [0.05, 0.1) is 0 Å². The van der Waals surface area contributed by atoms with Crippen molar-refractivity contribution in [2.24, 2.45) is 11.8 Å². The molecule has 0 saturated carbocycles. The summed E-state index contributed by atoms with van der Waals surface area (Å²) in [5.74, 6) is 1.31. The van der Waals surface area contributed by atoms with Gasteiger partial charge in [-0.25, -0.2) is 0 Å². The monoisotopic (exact) mass is 226 g/mol. The molecule has 1 rings (SSSR count). The zero-order chi connectivity index (χ0) is 12.1. The fraction of sp³-hybridized carbons (Fsp3) is 0.923. The van der Waals surface area contributed by atoms with Gasteiger partial charge < -0.3 is 10.2 Å². The standard InChI is InChI=1S/C13H26N2O/c1-10(2)7-13(16)14-8-12-5-6-15(9-12)11(3)4/h10-12H,5-9H2,1-4H3,(H,14,16). The van der Waals surface area contributed by atoms with Gasteiger partial charge >= 0.3 is 0 Å². The number of carbonyl (C=O) groups excluding carboxylic acids is 1. The summed E-state index contributed by atoms with van der Waals surface area (Å²) in [6, 6.07) is 0.636. The Hall–Kier alpha value is -0.570. The lowest BCUT2D eigenvalue weighted by molar-refractivity contribution is -0.121. The van der Waals surface area contributed by atoms with Crippen LogP contribution in [0.15, 0.2) is 0 Å². The molecule has 94 valence electrons. The van der Waals surface area contributed by atoms with Crippen LogP contribution in [0, 0.1) is 11.8 Å². The average molecular weight is 226 g/mol. The van der Waals surface area contributed by atoms with Gasteiger partial charge in [-0.15, -0.1) is 0 Å². The Labute approximate surface area is 99.6 Å². The molecular weight excluding hydrogens is 200 g/mol. The number of amides is 1. The molecule has 1 saturated heterocycles. The second-order valence-electron chi connectivity index (χ2n) is 5.65. The van der Waals surface area contributed by atoms with Gasteiger partial charge in [-0.2, -0.15) is 0 Å². The first kappa shape index (κ1) is 13.5. The van der Waals surface area contributed by atoms with Gasteiger partial charge in [0.1, 0.15) is 0 Å². The summed E-state index contributed by atoms with van der Waals surface area (Å²) in [4.78, 5) is 14.0. The van der Waals surface area contributed by atoms with Crippen LogP contribution in [0.2, 0.25) is 0 Å². The Bertz CT molecular complexity index is 226. The highest BCUT2D eigenvalue weighted by Crippen LogP contribution is 2.17. The molecule has 1 aliphatic rings. The number of nitrogens with one attached hydrogen (secondary N) is 1. The summed E-state index contributed by atoms with van der Waals surface area (Å²) in [6.07, 6.45) is 1.88. The van der Waals surface area contributed by atoms with E-state index < -0.39 is 0 Å². The molecule has 1 N–H and O–H groups in total. The first-order chi connectivity index (χ1) is 7.49. The summed E-state index contributed by atoms with van der Waals surface area (Å²) in [5, 5.41) is 3.05. The lowest BCUT2D eigenvalue weighted by atomic mass is 10.1. The fourth-order valence-corrected chi connectivity index (χ4v) is 2.20. The molecule has 1 amide bonds. The maximum atomic E-state index is 11.5. The summed E-state index contributed by atoms with van der Waals surface area (Å²) in [5.41, 5.74) is 0. The van der Waals surface area contributed by atoms with E-state index in [1.807, 2.05) is 0 Å². The molecule has 0 aromatic heterocycles. The maximum absolute atomic E-state index is 11.5. The minimum Gasteiger partial charge on any atom is -0.356 e. The molecule has 0 aromatic carbocycles. The number of rotatable bonds is 5. The third-order valence-electron chi connectivity index (χ3n) is 3.23. The molecule has 1 aliphatic heterocycles. The number of carbonyl (C=O) groups is 1. The highest BCUT2D eigenvalue weighted by molar-refractivity contribution is 5.76. The number of hydrogen-bond donors (Lipinski definition) is 1. The van der Waals surface area contributed by atoms with Gasteiger partial charge in [0, 0.05) is 25.6 Å². The van der Waals surface area contributed by atoms with Crippen LogP contribution in [0.4, 0.5) is 0 Å². The zero-order valence-corrected chi connectivity index (χ0v) is 11.1. The minimum atomic E-state index is 0.206. The van der Waals surface area contributed by atoms with Gasteiger partial charge in [0.2, 0.25) is 5.91 Å². The topological polar surface area (TPSA) is 32.3 Å². The van der Waals surface area contributed by atoms with Crippen LogP contribution in [-0.2, 0) is 4.79 Å². The summed E-state index contributed by atoms with van der Waals surface area (Å²) in [7, 11) is 0. The molecule has 3 heteroatoms. The van der Waals surface area contributed by atoms with Crippen LogP contribution < -0.4 is 5.32 Å². The first-order valence-corrected chi connectivity index (χ1v) is 6.49. The number of likely N-dealkylation sites (tertiary alicyclic amines) is 1. The Morgan fingerprint density at radius 3 is 2.56 bits per heavy atom. The van der Waals surface area contributed by atoms with Crippen molar-refractivity contribution in [3.05, 3.63) is 0 Å². The molecule has 1 unspecified atom stereocenters. The molecule has 0 radical (unpaired) electrons. The summed E-state index contributed by atoms with van der Waals surface area (Å²) in [6.45, 7) is 11.8. The molecular formula is C13H26N2O. The molecule has 1 fully saturated rings. The first-order valence-electron chi connectivity index (χ1n) is 6.49. The van der Waals surface area contributed by atoms with Crippen LogP contribution in [0.5, 0.6) is 0 Å². The van der Waals surface area contributed by atoms with Crippen LogP contribution in [-0.4, -0.2) is 36.5 Å². The van der Waals surface area contributed by atoms with Crippen molar-refractivity contribution in [1.29, 1.82) is 0 Å². The van der Waals surface area contributed by atoms with E-state index in [-0.39, 0.29) is 5.91 Å². The van der Waals surface area contributed by atoms with Gasteiger partial charge in [0.25, 0.3) is 0 Å². The second-order valence-corrected chi connectivity index (χ2v) is 5.65. The van der Waals surface area contributed by atoms with Gasteiger partial charge in [-0.3, -0.25) is 4.79 Å². The van der Waals surface area contributed by atoms with Crippen LogP contribution in [0.1, 0.15) is 40.5 Å². The van der Waals surface area contributed by atoms with E-state index in [0.29, 0.717) is 24.3 Å². The largest absolute Gasteiger partial charge is 0.356 e. The van der Waals surface area contributed by atoms with Crippen LogP contribution in [0.3, 0.4) is 0 Å². The van der Waals surface area contributed by atoms with Crippen molar-refractivity contribution >= 4 is 5.91 Å². The summed E-state index contributed by atoms with van der Waals surface area (Å²) < 4.78 is 0. The van der Waals surface area contributed by atoms with E-state index in [1.165, 1.54) is 13.0 Å². The number of hydrogen-bond acceptors (Lipinski definition) is 2. The minimum absolute atomic E-state index is 0.206. The molecule has 3 nitrogen and oxygen atoms in total. The van der Waals surface area contributed by atoms with Crippen molar-refractivity contribution in [3.8, 4) is 0 Å². The van der Waals surface area contributed by atoms with E-state index >= 15 is 0 Å². The van der Waals surface area contributed by atoms with Crippen molar-refractivity contribution in [2.75, 3.05) is 19.6 Å². The Morgan fingerprint density at radius 2 is 2.06 bits per heavy atom. The number of nitrogens with zero attached hydrogens (tertiary/aromatic N) is 1. The Balaban J connectivity index is 2.17. The highest BCUT2D eigenvalue weighted by atomic mass is 16.1. The predicted molar refractivity (Wildman–Crippen MR) is 67.3 cm³/mol. The van der Waals surface area contributed by atoms with Crippen molar-refractivity contribution < 1.29 is 4.79 Å². The summed E-state index contributed by atoms with van der Waals surface area (Å²) >= 11 is 0. The van der Waals surface area contributed by atoms with Gasteiger partial charge in [-0.05, 0) is 38.6 Å². The highest BCUT2D eigenvalue weighted by Gasteiger charge is 2.24. The van der Waals surface area contributed by atoms with E-state index in [1.54, 1.807) is 0 Å². The van der Waals surface area contributed by atoms with E-state index in [4.69, 9.17) is 0 Å². The normalized spacial score (nSPS) is 22.0. The molecule has 0 aliphatic carbocycles. The third kappa shape index (κ3) is 4.52. The molecule has 0 aromatic rings. The zero-order valence-electron chi connectivity index (χ0n) is 11.1. The molecule has 16 heavy (non-hydrogen) atoms. The molecule has 0 bridgehead atoms. The maximum Gasteiger partial charge on any atom is 0.220 e. The van der Waals surface area contributed by atoms with Gasteiger partial charge in [0.15, 0.2) is 0 Å². The van der Waals surface area contributed by atoms with Crippen LogP contribution in [0.25, 0.3) is 0 Å². The van der Waals surface area contributed by atoms with Crippen molar-refractivity contribution in [1.82, 2.24) is 10.2 Å². The second kappa shape index (κ2) is 6.24. The average Bonchev–Trinajstić information content (AvgIpc) is 2.61. The molecule has 1 atom stereocenters. The SMILES string of the molecule is CC(C)CC(=O)NCC1CCN(C(C)C)C1. The third-order valence-corrected chi connectivity index (χ3v) is 3.23. The predicted octanol–water partition coefficient (Wildman–Crippen LogP) is 1.88.